The molecule has 96 valence electrons. The molecule has 1 aromatic carbocycles. The van der Waals surface area contributed by atoms with Crippen molar-refractivity contribution in [3.05, 3.63) is 41.9 Å². The maximum atomic E-state index is 11.9. The van der Waals surface area contributed by atoms with Crippen LogP contribution in [0.15, 0.2) is 36.9 Å². The predicted molar refractivity (Wildman–Crippen MR) is 70.6 cm³/mol. The Morgan fingerprint density at radius 1 is 1.39 bits per heavy atom. The summed E-state index contributed by atoms with van der Waals surface area (Å²) >= 11 is 5.73. The number of carbonyl (C=O) groups is 2. The average molecular weight is 268 g/mol. The highest BCUT2D eigenvalue weighted by atomic mass is 35.5. The molecule has 0 aliphatic heterocycles. The molecule has 18 heavy (non-hydrogen) atoms. The van der Waals surface area contributed by atoms with Gasteiger partial charge in [0.1, 0.15) is 0 Å². The highest BCUT2D eigenvalue weighted by molar-refractivity contribution is 6.30. The van der Waals surface area contributed by atoms with Crippen molar-refractivity contribution in [3.8, 4) is 0 Å². The fourth-order valence-corrected chi connectivity index (χ4v) is 1.60. The summed E-state index contributed by atoms with van der Waals surface area (Å²) in [5.41, 5.74) is 0.587. The molecule has 1 aromatic rings. The number of amides is 1. The van der Waals surface area contributed by atoms with Gasteiger partial charge in [0.05, 0.1) is 12.3 Å². The summed E-state index contributed by atoms with van der Waals surface area (Å²) in [5.74, 6) is -1.96. The number of allylic oxidation sites excluding steroid dienone is 1. The minimum Gasteiger partial charge on any atom is -0.481 e. The van der Waals surface area contributed by atoms with Crippen molar-refractivity contribution in [2.75, 3.05) is 5.32 Å². The Labute approximate surface area is 110 Å². The molecule has 0 aliphatic carbocycles. The first-order chi connectivity index (χ1) is 8.52. The lowest BCUT2D eigenvalue weighted by atomic mass is 10.0. The van der Waals surface area contributed by atoms with Gasteiger partial charge in [0.15, 0.2) is 0 Å². The Balaban J connectivity index is 2.68. The molecular formula is C13H14ClNO3. The molecule has 0 radical (unpaired) electrons. The Bertz CT molecular complexity index is 442. The molecule has 0 heterocycles. The molecule has 1 unspecified atom stereocenters. The standard InChI is InChI=1S/C13H14ClNO3/c1-2-3-9(8-12(16)17)13(18)15-11-6-4-10(14)5-7-11/h2,4-7,9H,1,3,8H2,(H,15,18)(H,16,17). The van der Waals surface area contributed by atoms with Crippen LogP contribution < -0.4 is 5.32 Å². The van der Waals surface area contributed by atoms with Crippen molar-refractivity contribution in [3.63, 3.8) is 0 Å². The Hall–Kier alpha value is -1.81. The van der Waals surface area contributed by atoms with Crippen LogP contribution in [0.3, 0.4) is 0 Å². The third kappa shape index (κ3) is 4.59. The fourth-order valence-electron chi connectivity index (χ4n) is 1.47. The van der Waals surface area contributed by atoms with Gasteiger partial charge in [-0.05, 0) is 30.7 Å². The first-order valence-electron chi connectivity index (χ1n) is 5.42. The van der Waals surface area contributed by atoms with Gasteiger partial charge < -0.3 is 10.4 Å². The van der Waals surface area contributed by atoms with E-state index in [1.807, 2.05) is 0 Å². The Morgan fingerprint density at radius 3 is 2.50 bits per heavy atom. The van der Waals surface area contributed by atoms with E-state index >= 15 is 0 Å². The van der Waals surface area contributed by atoms with Crippen LogP contribution in [0.5, 0.6) is 0 Å². The van der Waals surface area contributed by atoms with Crippen molar-refractivity contribution in [2.24, 2.45) is 5.92 Å². The number of nitrogens with one attached hydrogen (secondary N) is 1. The van der Waals surface area contributed by atoms with Crippen LogP contribution in [0, 0.1) is 5.92 Å². The summed E-state index contributed by atoms with van der Waals surface area (Å²) < 4.78 is 0. The van der Waals surface area contributed by atoms with Crippen LogP contribution in [0.2, 0.25) is 5.02 Å². The van der Waals surface area contributed by atoms with E-state index in [0.29, 0.717) is 17.1 Å². The Kier molecular flexibility index (Phi) is 5.39. The van der Waals surface area contributed by atoms with Gasteiger partial charge in [-0.15, -0.1) is 6.58 Å². The van der Waals surface area contributed by atoms with Gasteiger partial charge in [-0.3, -0.25) is 9.59 Å². The second-order valence-corrected chi connectivity index (χ2v) is 4.25. The summed E-state index contributed by atoms with van der Waals surface area (Å²) in [4.78, 5) is 22.5. The number of carboxylic acid groups (broad SMARTS) is 1. The van der Waals surface area contributed by atoms with Crippen molar-refractivity contribution < 1.29 is 14.7 Å². The largest absolute Gasteiger partial charge is 0.481 e. The third-order valence-corrected chi connectivity index (χ3v) is 2.61. The zero-order chi connectivity index (χ0) is 13.5. The number of carboxylic acids is 1. The number of aliphatic carboxylic acids is 1. The predicted octanol–water partition coefficient (Wildman–Crippen LogP) is 2.95. The number of rotatable bonds is 6. The molecule has 0 spiro atoms. The number of halogens is 1. The molecule has 0 saturated carbocycles. The van der Waals surface area contributed by atoms with Crippen molar-refractivity contribution >= 4 is 29.2 Å². The second kappa shape index (κ2) is 6.81. The number of benzene rings is 1. The maximum Gasteiger partial charge on any atom is 0.304 e. The van der Waals surface area contributed by atoms with E-state index in [1.54, 1.807) is 24.3 Å². The number of anilines is 1. The normalized spacial score (nSPS) is 11.6. The molecule has 0 fully saturated rings. The Morgan fingerprint density at radius 2 is 2.00 bits per heavy atom. The molecule has 0 saturated heterocycles. The van der Waals surface area contributed by atoms with Gasteiger partial charge >= 0.3 is 5.97 Å². The molecular weight excluding hydrogens is 254 g/mol. The third-order valence-electron chi connectivity index (χ3n) is 2.35. The minimum atomic E-state index is -1.01. The van der Waals surface area contributed by atoms with Crippen LogP contribution in [-0.2, 0) is 9.59 Å². The van der Waals surface area contributed by atoms with Gasteiger partial charge in [0.25, 0.3) is 0 Å². The van der Waals surface area contributed by atoms with Crippen molar-refractivity contribution in [1.82, 2.24) is 0 Å². The summed E-state index contributed by atoms with van der Waals surface area (Å²) in [6.45, 7) is 3.52. The molecule has 1 rings (SSSR count). The SMILES string of the molecule is C=CCC(CC(=O)O)C(=O)Nc1ccc(Cl)cc1. The lowest BCUT2D eigenvalue weighted by Crippen LogP contribution is -2.24. The zero-order valence-corrected chi connectivity index (χ0v) is 10.5. The van der Waals surface area contributed by atoms with E-state index < -0.39 is 11.9 Å². The molecule has 1 amide bonds. The van der Waals surface area contributed by atoms with Crippen LogP contribution in [-0.4, -0.2) is 17.0 Å². The summed E-state index contributed by atoms with van der Waals surface area (Å²) in [6, 6.07) is 6.62. The number of hydrogen-bond donors (Lipinski definition) is 2. The van der Waals surface area contributed by atoms with Crippen LogP contribution in [0.1, 0.15) is 12.8 Å². The van der Waals surface area contributed by atoms with Crippen LogP contribution in [0.25, 0.3) is 0 Å². The maximum absolute atomic E-state index is 11.9. The van der Waals surface area contributed by atoms with Gasteiger partial charge in [-0.25, -0.2) is 0 Å². The summed E-state index contributed by atoms with van der Waals surface area (Å²) in [7, 11) is 0. The van der Waals surface area contributed by atoms with E-state index in [2.05, 4.69) is 11.9 Å². The first-order valence-corrected chi connectivity index (χ1v) is 5.80. The van der Waals surface area contributed by atoms with Crippen LogP contribution in [0.4, 0.5) is 5.69 Å². The van der Waals surface area contributed by atoms with Crippen molar-refractivity contribution in [1.29, 1.82) is 0 Å². The van der Waals surface area contributed by atoms with Gasteiger partial charge in [0.2, 0.25) is 5.91 Å². The molecule has 2 N–H and O–H groups in total. The highest BCUT2D eigenvalue weighted by Crippen LogP contribution is 2.16. The number of hydrogen-bond acceptors (Lipinski definition) is 2. The molecule has 0 aromatic heterocycles. The summed E-state index contributed by atoms with van der Waals surface area (Å²) in [6.07, 6.45) is 1.65. The quantitative estimate of drug-likeness (QED) is 0.779. The first kappa shape index (κ1) is 14.3. The molecule has 0 aliphatic rings. The van der Waals surface area contributed by atoms with E-state index in [9.17, 15) is 9.59 Å². The molecule has 0 bridgehead atoms. The fraction of sp³-hybridized carbons (Fsp3) is 0.231. The van der Waals surface area contributed by atoms with Gasteiger partial charge in [0, 0.05) is 10.7 Å². The minimum absolute atomic E-state index is 0.217. The molecule has 4 nitrogen and oxygen atoms in total. The number of carbonyl (C=O) groups excluding carboxylic acids is 1. The van der Waals surface area contributed by atoms with Crippen LogP contribution >= 0.6 is 11.6 Å². The monoisotopic (exact) mass is 267 g/mol. The second-order valence-electron chi connectivity index (χ2n) is 3.82. The lowest BCUT2D eigenvalue weighted by molar-refractivity contribution is -0.140. The lowest BCUT2D eigenvalue weighted by Gasteiger charge is -2.13. The van der Waals surface area contributed by atoms with E-state index in [-0.39, 0.29) is 12.3 Å². The van der Waals surface area contributed by atoms with Gasteiger partial charge in [-0.2, -0.15) is 0 Å². The van der Waals surface area contributed by atoms with E-state index in [1.165, 1.54) is 6.08 Å². The van der Waals surface area contributed by atoms with E-state index in [0.717, 1.165) is 0 Å². The van der Waals surface area contributed by atoms with E-state index in [4.69, 9.17) is 16.7 Å². The average Bonchev–Trinajstić information content (AvgIpc) is 2.31. The summed E-state index contributed by atoms with van der Waals surface area (Å²) in [5, 5.41) is 12.0. The van der Waals surface area contributed by atoms with Gasteiger partial charge in [-0.1, -0.05) is 17.7 Å². The molecule has 1 atom stereocenters. The van der Waals surface area contributed by atoms with Crippen molar-refractivity contribution in [2.45, 2.75) is 12.8 Å². The highest BCUT2D eigenvalue weighted by Gasteiger charge is 2.20. The topological polar surface area (TPSA) is 66.4 Å². The molecule has 5 heteroatoms. The smallest absolute Gasteiger partial charge is 0.304 e. The zero-order valence-electron chi connectivity index (χ0n) is 9.73.